The lowest BCUT2D eigenvalue weighted by Crippen LogP contribution is -2.45. The number of thioether (sulfide) groups is 1. The molecule has 0 aromatic rings. The fourth-order valence-corrected chi connectivity index (χ4v) is 2.89. The normalized spacial score (nSPS) is 20.1. The van der Waals surface area contributed by atoms with E-state index in [-0.39, 0.29) is 0 Å². The third kappa shape index (κ3) is 3.68. The second-order valence-corrected chi connectivity index (χ2v) is 5.19. The molecule has 0 aromatic heterocycles. The zero-order chi connectivity index (χ0) is 11.1. The van der Waals surface area contributed by atoms with Crippen LogP contribution >= 0.6 is 11.8 Å². The molecule has 1 aliphatic heterocycles. The molecule has 0 bridgehead atoms. The molecule has 0 aromatic carbocycles. The Balaban J connectivity index is 2.39. The summed E-state index contributed by atoms with van der Waals surface area (Å²) in [5, 5.41) is 9.21. The van der Waals surface area contributed by atoms with E-state index in [1.807, 2.05) is 11.8 Å². The fraction of sp³-hybridized carbons (Fsp3) is 0.909. The van der Waals surface area contributed by atoms with Gasteiger partial charge in [0.05, 0.1) is 0 Å². The lowest BCUT2D eigenvalue weighted by atomic mass is 9.96. The standard InChI is InChI=1S/C11H20O3S/c1-2-3-4-7-14-11(10(12)13)5-8-15-9-6-11/h2-9H2,1H3,(H,12,13). The van der Waals surface area contributed by atoms with Crippen molar-refractivity contribution in [2.45, 2.75) is 44.6 Å². The van der Waals surface area contributed by atoms with E-state index in [2.05, 4.69) is 6.92 Å². The van der Waals surface area contributed by atoms with E-state index in [4.69, 9.17) is 4.74 Å². The van der Waals surface area contributed by atoms with Gasteiger partial charge < -0.3 is 9.84 Å². The SMILES string of the molecule is CCCCCOC1(C(=O)O)CCSCC1. The first-order chi connectivity index (χ1) is 7.21. The molecule has 88 valence electrons. The van der Waals surface area contributed by atoms with Gasteiger partial charge in [0.15, 0.2) is 5.60 Å². The van der Waals surface area contributed by atoms with Crippen LogP contribution in [0.3, 0.4) is 0 Å². The minimum Gasteiger partial charge on any atom is -0.479 e. The summed E-state index contributed by atoms with van der Waals surface area (Å²) in [6, 6.07) is 0. The van der Waals surface area contributed by atoms with Crippen LogP contribution in [-0.2, 0) is 9.53 Å². The van der Waals surface area contributed by atoms with Crippen LogP contribution in [0.1, 0.15) is 39.0 Å². The van der Waals surface area contributed by atoms with E-state index in [1.54, 1.807) is 0 Å². The molecule has 1 fully saturated rings. The van der Waals surface area contributed by atoms with Gasteiger partial charge in [0.1, 0.15) is 0 Å². The Morgan fingerprint density at radius 3 is 2.60 bits per heavy atom. The van der Waals surface area contributed by atoms with Gasteiger partial charge >= 0.3 is 5.97 Å². The van der Waals surface area contributed by atoms with Crippen molar-refractivity contribution in [1.29, 1.82) is 0 Å². The van der Waals surface area contributed by atoms with E-state index >= 15 is 0 Å². The van der Waals surface area contributed by atoms with Crippen molar-refractivity contribution in [2.24, 2.45) is 0 Å². The molecule has 4 heteroatoms. The van der Waals surface area contributed by atoms with Crippen molar-refractivity contribution in [3.63, 3.8) is 0 Å². The minimum atomic E-state index is -0.876. The highest BCUT2D eigenvalue weighted by molar-refractivity contribution is 7.99. The fourth-order valence-electron chi connectivity index (χ4n) is 1.74. The second-order valence-electron chi connectivity index (χ2n) is 3.97. The van der Waals surface area contributed by atoms with Gasteiger partial charge in [0, 0.05) is 6.61 Å². The van der Waals surface area contributed by atoms with Crippen LogP contribution in [0.15, 0.2) is 0 Å². The van der Waals surface area contributed by atoms with Gasteiger partial charge in [-0.2, -0.15) is 11.8 Å². The number of hydrogen-bond donors (Lipinski definition) is 1. The molecule has 0 unspecified atom stereocenters. The summed E-state index contributed by atoms with van der Waals surface area (Å²) in [6.07, 6.45) is 4.53. The van der Waals surface area contributed by atoms with Gasteiger partial charge in [0.25, 0.3) is 0 Å². The summed E-state index contributed by atoms with van der Waals surface area (Å²) in [5.74, 6) is 1.03. The number of aliphatic carboxylic acids is 1. The molecule has 0 saturated carbocycles. The molecule has 0 aliphatic carbocycles. The largest absolute Gasteiger partial charge is 0.479 e. The van der Waals surface area contributed by atoms with Crippen molar-refractivity contribution in [3.8, 4) is 0 Å². The number of carbonyl (C=O) groups is 1. The number of rotatable bonds is 6. The first kappa shape index (κ1) is 12.8. The average Bonchev–Trinajstić information content (AvgIpc) is 2.26. The third-order valence-corrected chi connectivity index (χ3v) is 3.80. The predicted octanol–water partition coefficient (Wildman–Crippen LogP) is 2.54. The number of ether oxygens (including phenoxy) is 1. The summed E-state index contributed by atoms with van der Waals surface area (Å²) in [6.45, 7) is 2.72. The van der Waals surface area contributed by atoms with Crippen LogP contribution in [0, 0.1) is 0 Å². The number of carboxylic acids is 1. The van der Waals surface area contributed by atoms with Gasteiger partial charge in [0.2, 0.25) is 0 Å². The van der Waals surface area contributed by atoms with Crippen molar-refractivity contribution in [3.05, 3.63) is 0 Å². The summed E-state index contributed by atoms with van der Waals surface area (Å²) in [4.78, 5) is 11.2. The predicted molar refractivity (Wildman–Crippen MR) is 62.4 cm³/mol. The van der Waals surface area contributed by atoms with Crippen molar-refractivity contribution < 1.29 is 14.6 Å². The maximum Gasteiger partial charge on any atom is 0.336 e. The maximum absolute atomic E-state index is 11.2. The topological polar surface area (TPSA) is 46.5 Å². The van der Waals surface area contributed by atoms with Gasteiger partial charge in [-0.3, -0.25) is 0 Å². The Hall–Kier alpha value is -0.220. The highest BCUT2D eigenvalue weighted by Crippen LogP contribution is 2.31. The molecule has 0 spiro atoms. The van der Waals surface area contributed by atoms with Gasteiger partial charge in [-0.25, -0.2) is 4.79 Å². The molecule has 1 N–H and O–H groups in total. The monoisotopic (exact) mass is 232 g/mol. The molecule has 1 rings (SSSR count). The lowest BCUT2D eigenvalue weighted by molar-refractivity contribution is -0.167. The van der Waals surface area contributed by atoms with Crippen molar-refractivity contribution >= 4 is 17.7 Å². The Morgan fingerprint density at radius 2 is 2.07 bits per heavy atom. The van der Waals surface area contributed by atoms with Crippen LogP contribution in [0.4, 0.5) is 0 Å². The highest BCUT2D eigenvalue weighted by Gasteiger charge is 2.40. The molecular weight excluding hydrogens is 212 g/mol. The van der Waals surface area contributed by atoms with E-state index in [1.165, 1.54) is 0 Å². The summed E-state index contributed by atoms with van der Waals surface area (Å²) in [7, 11) is 0. The molecule has 0 radical (unpaired) electrons. The van der Waals surface area contributed by atoms with E-state index < -0.39 is 11.6 Å². The summed E-state index contributed by atoms with van der Waals surface area (Å²) in [5.41, 5.74) is -0.876. The number of hydrogen-bond acceptors (Lipinski definition) is 3. The highest BCUT2D eigenvalue weighted by atomic mass is 32.2. The third-order valence-electron chi connectivity index (χ3n) is 2.82. The molecule has 3 nitrogen and oxygen atoms in total. The first-order valence-electron chi connectivity index (χ1n) is 5.66. The molecule has 0 atom stereocenters. The Kier molecular flexibility index (Phi) is 5.47. The maximum atomic E-state index is 11.2. The summed E-state index contributed by atoms with van der Waals surface area (Å²) < 4.78 is 5.62. The van der Waals surface area contributed by atoms with Gasteiger partial charge in [-0.1, -0.05) is 19.8 Å². The van der Waals surface area contributed by atoms with Crippen LogP contribution in [-0.4, -0.2) is 34.8 Å². The Labute approximate surface area is 95.6 Å². The van der Waals surface area contributed by atoms with Crippen LogP contribution in [0.25, 0.3) is 0 Å². The van der Waals surface area contributed by atoms with Crippen LogP contribution < -0.4 is 0 Å². The molecule has 0 amide bonds. The number of carboxylic acid groups (broad SMARTS) is 1. The average molecular weight is 232 g/mol. The van der Waals surface area contributed by atoms with E-state index in [9.17, 15) is 9.90 Å². The smallest absolute Gasteiger partial charge is 0.336 e. The van der Waals surface area contributed by atoms with Gasteiger partial charge in [-0.05, 0) is 30.8 Å². The molecule has 15 heavy (non-hydrogen) atoms. The minimum absolute atomic E-state index is 0.588. The van der Waals surface area contributed by atoms with Crippen LogP contribution in [0.2, 0.25) is 0 Å². The molecule has 1 aliphatic rings. The van der Waals surface area contributed by atoms with Crippen molar-refractivity contribution in [1.82, 2.24) is 0 Å². The van der Waals surface area contributed by atoms with Crippen molar-refractivity contribution in [2.75, 3.05) is 18.1 Å². The molecule has 1 heterocycles. The zero-order valence-electron chi connectivity index (χ0n) is 9.33. The summed E-state index contributed by atoms with van der Waals surface area (Å²) >= 11 is 1.81. The van der Waals surface area contributed by atoms with Gasteiger partial charge in [-0.15, -0.1) is 0 Å². The molecule has 1 saturated heterocycles. The first-order valence-corrected chi connectivity index (χ1v) is 6.82. The van der Waals surface area contributed by atoms with E-state index in [0.717, 1.165) is 30.8 Å². The zero-order valence-corrected chi connectivity index (χ0v) is 10.1. The van der Waals surface area contributed by atoms with E-state index in [0.29, 0.717) is 19.4 Å². The van der Waals surface area contributed by atoms with Crippen LogP contribution in [0.5, 0.6) is 0 Å². The second kappa shape index (κ2) is 6.38. The number of unbranched alkanes of at least 4 members (excludes halogenated alkanes) is 2. The Morgan fingerprint density at radius 1 is 1.40 bits per heavy atom. The Bertz CT molecular complexity index is 200. The molecular formula is C11H20O3S. The quantitative estimate of drug-likeness (QED) is 0.715. The lowest BCUT2D eigenvalue weighted by Gasteiger charge is -2.32.